The molecule has 0 aliphatic carbocycles. The van der Waals surface area contributed by atoms with E-state index in [9.17, 15) is 24.2 Å². The zero-order valence-electron chi connectivity index (χ0n) is 28.4. The Morgan fingerprint density at radius 1 is 1.12 bits per heavy atom. The third-order valence-electron chi connectivity index (χ3n) is 7.80. The standard InChI is InChI=1S/C32H41N6O10P/c1-8-25(39)45-27-23(16-44-49(42,37-19(3)30(41)43-7)48-21-12-10-20(11-13-21)31(4,5)6)47-32(17-33,28(27)46-26(40)9-2)24-15-14-22-29(34)35-18-36-38(22)24/h10-15,18-19,23,27-28H,8-9,16H2,1-7H3,(H,37,42)(H2,34,35,36)/t19-,23+,27+,28+,32-,49?/m0/s1. The minimum Gasteiger partial charge on any atom is -0.468 e. The van der Waals surface area contributed by atoms with Crippen LogP contribution in [0.5, 0.6) is 5.75 Å². The number of aromatic nitrogens is 3. The normalized spacial score (nSPS) is 22.4. The van der Waals surface area contributed by atoms with Gasteiger partial charge >= 0.3 is 25.7 Å². The lowest BCUT2D eigenvalue weighted by molar-refractivity contribution is -0.169. The number of hydrogen-bond acceptors (Lipinski definition) is 14. The van der Waals surface area contributed by atoms with Crippen molar-refractivity contribution in [2.24, 2.45) is 0 Å². The van der Waals surface area contributed by atoms with Crippen LogP contribution in [0, 0.1) is 11.3 Å². The first-order valence-corrected chi connectivity index (χ1v) is 17.1. The van der Waals surface area contributed by atoms with E-state index in [-0.39, 0.29) is 35.5 Å². The number of nitrogen functional groups attached to an aromatic ring is 1. The highest BCUT2D eigenvalue weighted by Crippen LogP contribution is 2.48. The monoisotopic (exact) mass is 700 g/mol. The number of methoxy groups -OCH3 is 1. The molecule has 1 unspecified atom stereocenters. The number of esters is 3. The van der Waals surface area contributed by atoms with Crippen LogP contribution in [-0.4, -0.2) is 70.6 Å². The summed E-state index contributed by atoms with van der Waals surface area (Å²) in [6.45, 7) is 9.97. The summed E-state index contributed by atoms with van der Waals surface area (Å²) in [5.74, 6) is -1.92. The average molecular weight is 701 g/mol. The molecule has 1 aliphatic rings. The Hall–Kier alpha value is -4.55. The number of hydrogen-bond donors (Lipinski definition) is 2. The van der Waals surface area contributed by atoms with Gasteiger partial charge in [-0.2, -0.15) is 15.4 Å². The number of rotatable bonds is 13. The summed E-state index contributed by atoms with van der Waals surface area (Å²) in [5.41, 5.74) is 5.13. The first-order valence-electron chi connectivity index (χ1n) is 15.6. The van der Waals surface area contributed by atoms with Gasteiger partial charge in [-0.15, -0.1) is 0 Å². The van der Waals surface area contributed by atoms with Gasteiger partial charge in [-0.3, -0.25) is 18.9 Å². The van der Waals surface area contributed by atoms with E-state index < -0.39 is 62.2 Å². The van der Waals surface area contributed by atoms with Crippen molar-refractivity contribution >= 4 is 37.0 Å². The average Bonchev–Trinajstić information content (AvgIpc) is 3.63. The molecule has 0 bridgehead atoms. The molecule has 1 aromatic carbocycles. The summed E-state index contributed by atoms with van der Waals surface area (Å²) in [7, 11) is -3.29. The van der Waals surface area contributed by atoms with Crippen LogP contribution < -0.4 is 15.3 Å². The van der Waals surface area contributed by atoms with Crippen molar-refractivity contribution < 1.29 is 46.9 Å². The molecular weight excluding hydrogens is 659 g/mol. The van der Waals surface area contributed by atoms with Crippen LogP contribution in [0.25, 0.3) is 5.52 Å². The maximum absolute atomic E-state index is 14.3. The second kappa shape index (κ2) is 14.9. The Kier molecular flexibility index (Phi) is 11.3. The number of nitrogens with one attached hydrogen (secondary N) is 1. The summed E-state index contributed by atoms with van der Waals surface area (Å²) in [6, 6.07) is 10.8. The van der Waals surface area contributed by atoms with Gasteiger partial charge < -0.3 is 29.2 Å². The fourth-order valence-corrected chi connectivity index (χ4v) is 6.65. The molecule has 16 nitrogen and oxygen atoms in total. The van der Waals surface area contributed by atoms with Crippen LogP contribution in [0.1, 0.15) is 65.6 Å². The molecule has 1 aliphatic heterocycles. The van der Waals surface area contributed by atoms with Crippen LogP contribution in [-0.2, 0) is 53.4 Å². The highest BCUT2D eigenvalue weighted by molar-refractivity contribution is 7.52. The molecule has 49 heavy (non-hydrogen) atoms. The van der Waals surface area contributed by atoms with Gasteiger partial charge in [-0.1, -0.05) is 46.8 Å². The van der Waals surface area contributed by atoms with Crippen LogP contribution >= 0.6 is 7.75 Å². The van der Waals surface area contributed by atoms with E-state index in [0.717, 1.165) is 5.56 Å². The number of carbonyl (C=O) groups excluding carboxylic acids is 3. The maximum atomic E-state index is 14.3. The van der Waals surface area contributed by atoms with Crippen molar-refractivity contribution in [3.8, 4) is 11.8 Å². The summed E-state index contributed by atoms with van der Waals surface area (Å²) in [4.78, 5) is 41.8. The first-order chi connectivity index (χ1) is 23.1. The van der Waals surface area contributed by atoms with E-state index in [2.05, 4.69) is 21.2 Å². The fraction of sp³-hybridized carbons (Fsp3) is 0.500. The van der Waals surface area contributed by atoms with Gasteiger partial charge in [0.15, 0.2) is 18.0 Å². The number of nitriles is 1. The minimum absolute atomic E-state index is 0.0692. The zero-order valence-corrected chi connectivity index (χ0v) is 29.3. The lowest BCUT2D eigenvalue weighted by Gasteiger charge is -2.28. The quantitative estimate of drug-likeness (QED) is 0.148. The largest absolute Gasteiger partial charge is 0.468 e. The first kappa shape index (κ1) is 37.3. The predicted octanol–water partition coefficient (Wildman–Crippen LogP) is 3.73. The molecule has 3 aromatic rings. The molecule has 3 heterocycles. The van der Waals surface area contributed by atoms with E-state index >= 15 is 0 Å². The third-order valence-corrected chi connectivity index (χ3v) is 9.44. The van der Waals surface area contributed by atoms with E-state index in [1.165, 1.54) is 30.9 Å². The van der Waals surface area contributed by atoms with Crippen LogP contribution in [0.4, 0.5) is 5.82 Å². The fourth-order valence-electron chi connectivity index (χ4n) is 5.15. The van der Waals surface area contributed by atoms with Crippen molar-refractivity contribution in [3.05, 3.63) is 54.0 Å². The van der Waals surface area contributed by atoms with Gasteiger partial charge in [0.2, 0.25) is 5.60 Å². The Morgan fingerprint density at radius 3 is 2.37 bits per heavy atom. The molecule has 0 radical (unpaired) electrons. The van der Waals surface area contributed by atoms with Gasteiger partial charge in [0.1, 0.15) is 35.8 Å². The highest BCUT2D eigenvalue weighted by atomic mass is 31.2. The maximum Gasteiger partial charge on any atom is 0.459 e. The summed E-state index contributed by atoms with van der Waals surface area (Å²) in [6.07, 6.45) is -3.33. The molecule has 4 rings (SSSR count). The van der Waals surface area contributed by atoms with Crippen molar-refractivity contribution in [2.75, 3.05) is 19.5 Å². The molecule has 1 saturated heterocycles. The smallest absolute Gasteiger partial charge is 0.459 e. The SMILES string of the molecule is CCC(=O)O[C@H]1[C@@H](OC(=O)CC)[C@](C#N)(c2ccc3c(N)ncnn23)O[C@@H]1COP(=O)(N[C@@H](C)C(=O)OC)Oc1ccc(C(C)(C)C)cc1. The van der Waals surface area contributed by atoms with E-state index in [1.54, 1.807) is 44.2 Å². The summed E-state index contributed by atoms with van der Waals surface area (Å²) >= 11 is 0. The zero-order chi connectivity index (χ0) is 36.1. The highest BCUT2D eigenvalue weighted by Gasteiger charge is 2.62. The van der Waals surface area contributed by atoms with E-state index in [4.69, 9.17) is 33.7 Å². The van der Waals surface area contributed by atoms with Gasteiger partial charge in [0, 0.05) is 12.8 Å². The lowest BCUT2D eigenvalue weighted by Crippen LogP contribution is -2.46. The van der Waals surface area contributed by atoms with E-state index in [0.29, 0.717) is 5.52 Å². The number of anilines is 1. The van der Waals surface area contributed by atoms with Gasteiger partial charge in [-0.25, -0.2) is 14.1 Å². The molecule has 0 spiro atoms. The molecule has 264 valence electrons. The van der Waals surface area contributed by atoms with Crippen molar-refractivity contribution in [1.82, 2.24) is 19.7 Å². The molecule has 0 amide bonds. The van der Waals surface area contributed by atoms with E-state index in [1.807, 2.05) is 20.8 Å². The minimum atomic E-state index is -4.45. The second-order valence-corrected chi connectivity index (χ2v) is 14.0. The molecule has 1 fully saturated rings. The van der Waals surface area contributed by atoms with Crippen LogP contribution in [0.2, 0.25) is 0 Å². The van der Waals surface area contributed by atoms with Crippen molar-refractivity contribution in [3.63, 3.8) is 0 Å². The van der Waals surface area contributed by atoms with Crippen molar-refractivity contribution in [2.45, 2.75) is 89.8 Å². The lowest BCUT2D eigenvalue weighted by atomic mass is 9.87. The molecule has 17 heteroatoms. The molecule has 3 N–H and O–H groups in total. The van der Waals surface area contributed by atoms with Crippen LogP contribution in [0.3, 0.4) is 0 Å². The molecule has 6 atom stereocenters. The number of fused-ring (bicyclic) bond motifs is 1. The Bertz CT molecular complexity index is 1770. The Labute approximate surface area is 283 Å². The van der Waals surface area contributed by atoms with Crippen molar-refractivity contribution in [1.29, 1.82) is 5.26 Å². The van der Waals surface area contributed by atoms with Crippen LogP contribution in [0.15, 0.2) is 42.7 Å². The number of carbonyl (C=O) groups is 3. The summed E-state index contributed by atoms with van der Waals surface area (Å²) < 4.78 is 49.9. The number of nitrogens with zero attached hydrogens (tertiary/aromatic N) is 4. The Morgan fingerprint density at radius 2 is 1.78 bits per heavy atom. The molecule has 0 saturated carbocycles. The topological polar surface area (TPSA) is 216 Å². The third kappa shape index (κ3) is 8.02. The van der Waals surface area contributed by atoms with Gasteiger partial charge in [0.25, 0.3) is 0 Å². The van der Waals surface area contributed by atoms with Gasteiger partial charge in [-0.05, 0) is 42.2 Å². The number of ether oxygens (including phenoxy) is 4. The number of nitrogens with two attached hydrogens (primary N) is 1. The second-order valence-electron chi connectivity index (χ2n) is 12.3. The molecular formula is C32H41N6O10P. The Balaban J connectivity index is 1.76. The molecule has 2 aromatic heterocycles. The summed E-state index contributed by atoms with van der Waals surface area (Å²) in [5, 5.41) is 17.5. The predicted molar refractivity (Wildman–Crippen MR) is 174 cm³/mol. The number of benzene rings is 1. The van der Waals surface area contributed by atoms with Gasteiger partial charge in [0.05, 0.1) is 19.4 Å².